The highest BCUT2D eigenvalue weighted by atomic mass is 127. The maximum atomic E-state index is 10.4. The van der Waals surface area contributed by atoms with Gasteiger partial charge in [-0.1, -0.05) is 12.1 Å². The fourth-order valence-corrected chi connectivity index (χ4v) is 2.88. The van der Waals surface area contributed by atoms with Gasteiger partial charge in [0.1, 0.15) is 5.75 Å². The molecule has 0 saturated carbocycles. The quantitative estimate of drug-likeness (QED) is 0.240. The zero-order valence-corrected chi connectivity index (χ0v) is 20.9. The van der Waals surface area contributed by atoms with Crippen LogP contribution >= 0.6 is 24.0 Å². The number of aliphatic hydroxyl groups excluding tert-OH is 1. The number of aliphatic hydroxyl groups is 1. The number of benzene rings is 2. The summed E-state index contributed by atoms with van der Waals surface area (Å²) in [5.74, 6) is 3.04. The Morgan fingerprint density at radius 3 is 2.03 bits per heavy atom. The summed E-state index contributed by atoms with van der Waals surface area (Å²) in [7, 11) is 6.34. The molecular weight excluding hydrogens is 513 g/mol. The molecule has 2 aromatic rings. The normalized spacial score (nSPS) is 11.7. The Balaban J connectivity index is 0.00000480. The predicted octanol–water partition coefficient (Wildman–Crippen LogP) is 3.13. The monoisotopic (exact) mass is 545 g/mol. The lowest BCUT2D eigenvalue weighted by atomic mass is 10.1. The Hall–Kier alpha value is -2.40. The maximum Gasteiger partial charge on any atom is 0.203 e. The van der Waals surface area contributed by atoms with Crippen LogP contribution in [0.1, 0.15) is 24.2 Å². The van der Waals surface area contributed by atoms with Crippen molar-refractivity contribution < 1.29 is 24.1 Å². The van der Waals surface area contributed by atoms with E-state index >= 15 is 0 Å². The van der Waals surface area contributed by atoms with Crippen molar-refractivity contribution in [2.45, 2.75) is 19.6 Å². The molecule has 31 heavy (non-hydrogen) atoms. The predicted molar refractivity (Wildman–Crippen MR) is 132 cm³/mol. The van der Waals surface area contributed by atoms with E-state index in [4.69, 9.17) is 18.9 Å². The molecule has 0 heterocycles. The summed E-state index contributed by atoms with van der Waals surface area (Å²) in [5.41, 5.74) is 1.70. The molecule has 1 atom stereocenters. The van der Waals surface area contributed by atoms with Crippen molar-refractivity contribution in [1.82, 2.24) is 10.6 Å². The topological polar surface area (TPSA) is 93.6 Å². The van der Waals surface area contributed by atoms with Crippen molar-refractivity contribution in [2.24, 2.45) is 4.99 Å². The summed E-state index contributed by atoms with van der Waals surface area (Å²) in [6.45, 7) is 3.38. The zero-order chi connectivity index (χ0) is 21.9. The molecule has 2 aromatic carbocycles. The van der Waals surface area contributed by atoms with Crippen LogP contribution in [0.4, 0.5) is 0 Å². The summed E-state index contributed by atoms with van der Waals surface area (Å²) < 4.78 is 21.3. The third kappa shape index (κ3) is 7.66. The van der Waals surface area contributed by atoms with E-state index in [0.29, 0.717) is 42.8 Å². The average molecular weight is 545 g/mol. The second-order valence-corrected chi connectivity index (χ2v) is 6.40. The van der Waals surface area contributed by atoms with Crippen molar-refractivity contribution in [3.8, 4) is 23.0 Å². The van der Waals surface area contributed by atoms with Crippen molar-refractivity contribution in [3.63, 3.8) is 0 Å². The van der Waals surface area contributed by atoms with E-state index in [1.807, 2.05) is 43.3 Å². The van der Waals surface area contributed by atoms with Crippen molar-refractivity contribution >= 4 is 29.9 Å². The Bertz CT molecular complexity index is 805. The number of aliphatic imine (C=N–C) groups is 1. The first-order valence-electron chi connectivity index (χ1n) is 9.69. The zero-order valence-electron chi connectivity index (χ0n) is 18.6. The second kappa shape index (κ2) is 13.8. The molecule has 9 heteroatoms. The van der Waals surface area contributed by atoms with Crippen LogP contribution in [0.2, 0.25) is 0 Å². The van der Waals surface area contributed by atoms with Crippen LogP contribution in [-0.4, -0.2) is 52.6 Å². The van der Waals surface area contributed by atoms with Gasteiger partial charge in [0.25, 0.3) is 0 Å². The van der Waals surface area contributed by atoms with Crippen molar-refractivity contribution in [3.05, 3.63) is 47.5 Å². The number of methoxy groups -OCH3 is 4. The van der Waals surface area contributed by atoms with E-state index in [1.165, 1.54) is 0 Å². The van der Waals surface area contributed by atoms with E-state index in [-0.39, 0.29) is 24.0 Å². The minimum absolute atomic E-state index is 0. The lowest BCUT2D eigenvalue weighted by Crippen LogP contribution is -2.39. The summed E-state index contributed by atoms with van der Waals surface area (Å²) in [6.07, 6.45) is -0.680. The van der Waals surface area contributed by atoms with E-state index in [9.17, 15) is 5.11 Å². The Morgan fingerprint density at radius 2 is 1.55 bits per heavy atom. The molecule has 0 bridgehead atoms. The second-order valence-electron chi connectivity index (χ2n) is 6.40. The molecule has 0 saturated heterocycles. The average Bonchev–Trinajstić information content (AvgIpc) is 2.79. The van der Waals surface area contributed by atoms with Crippen LogP contribution in [0.25, 0.3) is 0 Å². The van der Waals surface area contributed by atoms with Crippen LogP contribution in [0.3, 0.4) is 0 Å². The van der Waals surface area contributed by atoms with Gasteiger partial charge in [0.15, 0.2) is 17.5 Å². The van der Waals surface area contributed by atoms with Gasteiger partial charge in [-0.25, -0.2) is 4.99 Å². The molecule has 0 amide bonds. The van der Waals surface area contributed by atoms with E-state index in [2.05, 4.69) is 15.6 Å². The first-order chi connectivity index (χ1) is 14.6. The number of hydrogen-bond donors (Lipinski definition) is 3. The van der Waals surface area contributed by atoms with Crippen molar-refractivity contribution in [1.29, 1.82) is 0 Å². The van der Waals surface area contributed by atoms with Gasteiger partial charge in [-0.2, -0.15) is 0 Å². The molecule has 0 aromatic heterocycles. The molecule has 3 N–H and O–H groups in total. The molecule has 8 nitrogen and oxygen atoms in total. The lowest BCUT2D eigenvalue weighted by Gasteiger charge is -2.16. The van der Waals surface area contributed by atoms with Gasteiger partial charge in [-0.15, -0.1) is 24.0 Å². The van der Waals surface area contributed by atoms with Crippen molar-refractivity contribution in [2.75, 3.05) is 41.5 Å². The molecule has 2 rings (SSSR count). The van der Waals surface area contributed by atoms with Crippen LogP contribution < -0.4 is 29.6 Å². The minimum atomic E-state index is -0.680. The number of ether oxygens (including phenoxy) is 4. The van der Waals surface area contributed by atoms with E-state index < -0.39 is 6.10 Å². The Kier molecular flexibility index (Phi) is 11.9. The smallest absolute Gasteiger partial charge is 0.203 e. The lowest BCUT2D eigenvalue weighted by molar-refractivity contribution is 0.180. The molecule has 0 aliphatic carbocycles. The number of halogens is 1. The molecular formula is C22H32IN3O5. The molecule has 0 radical (unpaired) electrons. The van der Waals surface area contributed by atoms with Gasteiger partial charge in [0.2, 0.25) is 5.75 Å². The van der Waals surface area contributed by atoms with Gasteiger partial charge in [-0.3, -0.25) is 0 Å². The highest BCUT2D eigenvalue weighted by molar-refractivity contribution is 14.0. The fourth-order valence-electron chi connectivity index (χ4n) is 2.88. The number of guanidine groups is 1. The number of rotatable bonds is 10. The molecule has 172 valence electrons. The first kappa shape index (κ1) is 26.6. The number of hydrogen-bond acceptors (Lipinski definition) is 6. The summed E-state index contributed by atoms with van der Waals surface area (Å²) >= 11 is 0. The Labute approximate surface area is 201 Å². The minimum Gasteiger partial charge on any atom is -0.497 e. The van der Waals surface area contributed by atoms with Gasteiger partial charge in [0, 0.05) is 13.1 Å². The van der Waals surface area contributed by atoms with E-state index in [1.54, 1.807) is 28.4 Å². The molecule has 1 unspecified atom stereocenters. The fraction of sp³-hybridized carbons (Fsp3) is 0.409. The maximum absolute atomic E-state index is 10.4. The van der Waals surface area contributed by atoms with Crippen LogP contribution in [0.5, 0.6) is 23.0 Å². The van der Waals surface area contributed by atoms with E-state index in [0.717, 1.165) is 16.9 Å². The largest absolute Gasteiger partial charge is 0.497 e. The Morgan fingerprint density at radius 1 is 0.935 bits per heavy atom. The van der Waals surface area contributed by atoms with Gasteiger partial charge >= 0.3 is 0 Å². The van der Waals surface area contributed by atoms with Gasteiger partial charge in [0.05, 0.1) is 41.1 Å². The van der Waals surface area contributed by atoms with Gasteiger partial charge in [-0.05, 0) is 42.3 Å². The van der Waals surface area contributed by atoms with Gasteiger partial charge < -0.3 is 34.7 Å². The van der Waals surface area contributed by atoms with Crippen LogP contribution in [-0.2, 0) is 6.54 Å². The molecule has 0 aliphatic rings. The highest BCUT2D eigenvalue weighted by Gasteiger charge is 2.13. The summed E-state index contributed by atoms with van der Waals surface area (Å²) in [4.78, 5) is 4.59. The molecule has 0 aliphatic heterocycles. The number of nitrogens with zero attached hydrogens (tertiary/aromatic N) is 1. The summed E-state index contributed by atoms with van der Waals surface area (Å²) in [6, 6.07) is 11.0. The number of nitrogens with one attached hydrogen (secondary N) is 2. The SMILES string of the molecule is CCNC(=NCc1cc(OC)c(OC)c(OC)c1)NCC(O)c1ccc(OC)cc1.I. The van der Waals surface area contributed by atoms with Crippen LogP contribution in [0, 0.1) is 0 Å². The van der Waals surface area contributed by atoms with Crippen LogP contribution in [0.15, 0.2) is 41.4 Å². The molecule has 0 spiro atoms. The first-order valence-corrected chi connectivity index (χ1v) is 9.69. The summed E-state index contributed by atoms with van der Waals surface area (Å²) in [5, 5.41) is 16.8. The third-order valence-electron chi connectivity index (χ3n) is 4.45. The standard InChI is InChI=1S/C22H31N3O5.HI/c1-6-23-22(25-14-18(26)16-7-9-17(27-2)10-8-16)24-13-15-11-19(28-3)21(30-5)20(12-15)29-4;/h7-12,18,26H,6,13-14H2,1-5H3,(H2,23,24,25);1H. The third-order valence-corrected chi connectivity index (χ3v) is 4.45. The molecule has 0 fully saturated rings. The highest BCUT2D eigenvalue weighted by Crippen LogP contribution is 2.38.